The maximum atomic E-state index is 14.5. The summed E-state index contributed by atoms with van der Waals surface area (Å²) in [5, 5.41) is 2.97. The fourth-order valence-electron chi connectivity index (χ4n) is 4.94. The van der Waals surface area contributed by atoms with Crippen molar-refractivity contribution in [1.82, 2.24) is 10.2 Å². The minimum absolute atomic E-state index is 0.0158. The molecule has 47 heavy (non-hydrogen) atoms. The van der Waals surface area contributed by atoms with Crippen molar-refractivity contribution in [1.29, 1.82) is 0 Å². The van der Waals surface area contributed by atoms with Crippen molar-refractivity contribution >= 4 is 27.5 Å². The summed E-state index contributed by atoms with van der Waals surface area (Å²) in [4.78, 5) is 29.3. The Morgan fingerprint density at radius 1 is 0.766 bits per heavy atom. The highest BCUT2D eigenvalue weighted by Gasteiger charge is 2.35. The van der Waals surface area contributed by atoms with Gasteiger partial charge < -0.3 is 33.9 Å². The number of anilines is 1. The quantitative estimate of drug-likeness (QED) is 0.218. The predicted molar refractivity (Wildman–Crippen MR) is 179 cm³/mol. The minimum Gasteiger partial charge on any atom is -0.497 e. The highest BCUT2D eigenvalue weighted by atomic mass is 32.2. The van der Waals surface area contributed by atoms with E-state index in [2.05, 4.69) is 5.32 Å². The molecule has 13 heteroatoms. The van der Waals surface area contributed by atoms with Gasteiger partial charge in [0.05, 0.1) is 46.1 Å². The van der Waals surface area contributed by atoms with Gasteiger partial charge in [-0.3, -0.25) is 13.9 Å². The average Bonchev–Trinajstić information content (AvgIpc) is 3.09. The number of nitrogens with zero attached hydrogens (tertiary/aromatic N) is 2. The van der Waals surface area contributed by atoms with E-state index in [1.165, 1.54) is 64.7 Å². The summed E-state index contributed by atoms with van der Waals surface area (Å²) >= 11 is 0. The van der Waals surface area contributed by atoms with Gasteiger partial charge in [0.15, 0.2) is 11.5 Å². The second-order valence-corrected chi connectivity index (χ2v) is 12.5. The molecule has 0 aromatic heterocycles. The highest BCUT2D eigenvalue weighted by molar-refractivity contribution is 7.92. The van der Waals surface area contributed by atoms with Gasteiger partial charge in [0.1, 0.15) is 29.8 Å². The molecule has 3 rings (SSSR count). The molecule has 0 heterocycles. The topological polar surface area (TPSA) is 133 Å². The zero-order valence-electron chi connectivity index (χ0n) is 28.2. The minimum atomic E-state index is -4.46. The molecule has 1 N–H and O–H groups in total. The number of benzene rings is 3. The van der Waals surface area contributed by atoms with Crippen LogP contribution in [0.25, 0.3) is 0 Å². The van der Waals surface area contributed by atoms with Crippen molar-refractivity contribution in [3.8, 4) is 28.7 Å². The van der Waals surface area contributed by atoms with Crippen LogP contribution >= 0.6 is 0 Å². The molecule has 0 radical (unpaired) electrons. The van der Waals surface area contributed by atoms with Crippen LogP contribution in [0.15, 0.2) is 65.6 Å². The smallest absolute Gasteiger partial charge is 0.265 e. The number of amides is 2. The molecule has 0 saturated carbocycles. The molecule has 12 nitrogen and oxygen atoms in total. The summed E-state index contributed by atoms with van der Waals surface area (Å²) in [5.74, 6) is 0.655. The molecule has 256 valence electrons. The van der Waals surface area contributed by atoms with E-state index >= 15 is 0 Å². The number of nitrogens with one attached hydrogen (secondary N) is 1. The SMILES string of the molecule is CC[C@@H](C)NC(=O)[C@H](CC)N(Cc1cccc(OC)c1)C(=O)CN(c1cc(OC)ccc1OC)S(=O)(=O)c1ccc(OC)c(OC)c1. The third-order valence-corrected chi connectivity index (χ3v) is 9.51. The summed E-state index contributed by atoms with van der Waals surface area (Å²) in [6.45, 7) is 4.98. The Morgan fingerprint density at radius 3 is 2.00 bits per heavy atom. The van der Waals surface area contributed by atoms with Crippen LogP contribution in [0.1, 0.15) is 39.2 Å². The Balaban J connectivity index is 2.21. The molecule has 0 aliphatic carbocycles. The van der Waals surface area contributed by atoms with E-state index in [1.807, 2.05) is 19.9 Å². The Labute approximate surface area is 277 Å². The summed E-state index contributed by atoms with van der Waals surface area (Å²) in [6, 6.07) is 14.9. The van der Waals surface area contributed by atoms with E-state index in [9.17, 15) is 18.0 Å². The second-order valence-electron chi connectivity index (χ2n) is 10.7. The summed E-state index contributed by atoms with van der Waals surface area (Å²) < 4.78 is 57.0. The van der Waals surface area contributed by atoms with Crippen LogP contribution in [0.3, 0.4) is 0 Å². The maximum Gasteiger partial charge on any atom is 0.265 e. The van der Waals surface area contributed by atoms with Crippen molar-refractivity contribution in [3.63, 3.8) is 0 Å². The molecule has 3 aromatic carbocycles. The summed E-state index contributed by atoms with van der Waals surface area (Å²) in [5.41, 5.74) is 0.758. The van der Waals surface area contributed by atoms with Gasteiger partial charge in [-0.05, 0) is 61.7 Å². The molecular formula is C34H45N3O9S. The largest absolute Gasteiger partial charge is 0.497 e. The first-order chi connectivity index (χ1) is 22.5. The van der Waals surface area contributed by atoms with Crippen molar-refractivity contribution < 1.29 is 41.7 Å². The Hall–Kier alpha value is -4.65. The molecule has 0 aliphatic rings. The van der Waals surface area contributed by atoms with Gasteiger partial charge in [-0.2, -0.15) is 0 Å². The van der Waals surface area contributed by atoms with Crippen molar-refractivity contribution in [2.75, 3.05) is 46.4 Å². The van der Waals surface area contributed by atoms with Crippen LogP contribution in [-0.2, 0) is 26.2 Å². The van der Waals surface area contributed by atoms with Gasteiger partial charge in [0.2, 0.25) is 11.8 Å². The fraction of sp³-hybridized carbons (Fsp3) is 0.412. The average molecular weight is 672 g/mol. The third kappa shape index (κ3) is 8.79. The number of ether oxygens (including phenoxy) is 5. The van der Waals surface area contributed by atoms with Crippen LogP contribution in [-0.4, -0.2) is 79.3 Å². The molecule has 0 spiro atoms. The fourth-order valence-corrected chi connectivity index (χ4v) is 6.37. The first-order valence-corrected chi connectivity index (χ1v) is 16.6. The molecule has 2 atom stereocenters. The van der Waals surface area contributed by atoms with Gasteiger partial charge in [0.25, 0.3) is 10.0 Å². The monoisotopic (exact) mass is 671 g/mol. The van der Waals surface area contributed by atoms with Gasteiger partial charge >= 0.3 is 0 Å². The van der Waals surface area contributed by atoms with E-state index in [0.717, 1.165) is 4.31 Å². The number of hydrogen-bond donors (Lipinski definition) is 1. The number of sulfonamides is 1. The van der Waals surface area contributed by atoms with E-state index in [4.69, 9.17) is 23.7 Å². The van der Waals surface area contributed by atoms with Gasteiger partial charge in [0, 0.05) is 24.7 Å². The van der Waals surface area contributed by atoms with Crippen LogP contribution in [0, 0.1) is 0 Å². The van der Waals surface area contributed by atoms with Crippen LogP contribution in [0.5, 0.6) is 28.7 Å². The lowest BCUT2D eigenvalue weighted by Crippen LogP contribution is -2.53. The second kappa shape index (κ2) is 16.8. The van der Waals surface area contributed by atoms with Gasteiger partial charge in [-0.15, -0.1) is 0 Å². The Bertz CT molecular complexity index is 1630. The summed E-state index contributed by atoms with van der Waals surface area (Å²) in [6.07, 6.45) is 0.974. The lowest BCUT2D eigenvalue weighted by atomic mass is 10.1. The molecule has 2 amide bonds. The highest BCUT2D eigenvalue weighted by Crippen LogP contribution is 2.38. The van der Waals surface area contributed by atoms with Crippen molar-refractivity contribution in [2.24, 2.45) is 0 Å². The normalized spacial score (nSPS) is 12.3. The number of hydrogen-bond acceptors (Lipinski definition) is 9. The van der Waals surface area contributed by atoms with Crippen molar-refractivity contribution in [3.05, 3.63) is 66.2 Å². The zero-order chi connectivity index (χ0) is 34.7. The van der Waals surface area contributed by atoms with Crippen molar-refractivity contribution in [2.45, 2.75) is 57.1 Å². The number of carbonyl (C=O) groups excluding carboxylic acids is 2. The molecule has 0 bridgehead atoms. The number of methoxy groups -OCH3 is 5. The molecule has 0 saturated heterocycles. The molecular weight excluding hydrogens is 626 g/mol. The lowest BCUT2D eigenvalue weighted by Gasteiger charge is -2.34. The Kier molecular flexibility index (Phi) is 13.1. The van der Waals surface area contributed by atoms with Crippen LogP contribution < -0.4 is 33.3 Å². The number of rotatable bonds is 17. The van der Waals surface area contributed by atoms with Crippen LogP contribution in [0.2, 0.25) is 0 Å². The number of carbonyl (C=O) groups is 2. The summed E-state index contributed by atoms with van der Waals surface area (Å²) in [7, 11) is 2.75. The van der Waals surface area contributed by atoms with E-state index in [0.29, 0.717) is 29.2 Å². The van der Waals surface area contributed by atoms with Gasteiger partial charge in [-0.1, -0.05) is 26.0 Å². The Morgan fingerprint density at radius 2 is 1.40 bits per heavy atom. The first kappa shape index (κ1) is 36.8. The lowest BCUT2D eigenvalue weighted by molar-refractivity contribution is -0.140. The maximum absolute atomic E-state index is 14.5. The molecule has 0 unspecified atom stereocenters. The van der Waals surface area contributed by atoms with E-state index < -0.39 is 28.5 Å². The van der Waals surface area contributed by atoms with Gasteiger partial charge in [-0.25, -0.2) is 8.42 Å². The molecule has 3 aromatic rings. The zero-order valence-corrected chi connectivity index (χ0v) is 29.1. The molecule has 0 fully saturated rings. The van der Waals surface area contributed by atoms with Crippen LogP contribution in [0.4, 0.5) is 5.69 Å². The van der Waals surface area contributed by atoms with E-state index in [1.54, 1.807) is 37.3 Å². The first-order valence-electron chi connectivity index (χ1n) is 15.2. The third-order valence-electron chi connectivity index (χ3n) is 7.75. The standard InChI is InChI=1S/C34H45N3O9S/c1-9-23(3)35-34(39)28(10-2)36(21-24-12-11-13-25(18-24)42-4)33(38)22-37(29-19-26(43-5)14-16-30(29)44-6)47(40,41)27-15-17-31(45-7)32(20-27)46-8/h11-20,23,28H,9-10,21-22H2,1-8H3,(H,35,39)/t23-,28+/m1/s1. The predicted octanol–water partition coefficient (Wildman–Crippen LogP) is 4.65. The molecule has 0 aliphatic heterocycles. The van der Waals surface area contributed by atoms with E-state index in [-0.39, 0.29) is 47.0 Å².